The highest BCUT2D eigenvalue weighted by Gasteiger charge is 2.37. The van der Waals surface area contributed by atoms with E-state index in [0.717, 1.165) is 0 Å². The van der Waals surface area contributed by atoms with Crippen molar-refractivity contribution in [3.05, 3.63) is 67.1 Å². The molecule has 2 aromatic carbocycles. The maximum absolute atomic E-state index is 12.3. The molecule has 0 saturated carbocycles. The largest absolute Gasteiger partial charge is 0.456 e. The lowest BCUT2D eigenvalue weighted by molar-refractivity contribution is -0.142. The molecule has 1 heterocycles. The predicted molar refractivity (Wildman–Crippen MR) is 104 cm³/mol. The molecule has 0 unspecified atom stereocenters. The van der Waals surface area contributed by atoms with Gasteiger partial charge in [-0.3, -0.25) is 24.1 Å². The normalized spacial score (nSPS) is 12.9. The zero-order valence-corrected chi connectivity index (χ0v) is 16.8. The smallest absolute Gasteiger partial charge is 0.326 e. The van der Waals surface area contributed by atoms with Crippen molar-refractivity contribution in [3.8, 4) is 0 Å². The highest BCUT2D eigenvalue weighted by molar-refractivity contribution is 6.43. The summed E-state index contributed by atoms with van der Waals surface area (Å²) < 4.78 is 4.87. The van der Waals surface area contributed by atoms with E-state index >= 15 is 0 Å². The van der Waals surface area contributed by atoms with Gasteiger partial charge in [0.05, 0.1) is 31.2 Å². The molecule has 0 spiro atoms. The third kappa shape index (κ3) is 4.00. The van der Waals surface area contributed by atoms with Crippen LogP contribution in [0, 0.1) is 0 Å². The Bertz CT molecular complexity index is 996. The molecule has 0 atom stereocenters. The maximum Gasteiger partial charge on any atom is 0.326 e. The van der Waals surface area contributed by atoms with Crippen molar-refractivity contribution in [1.29, 1.82) is 0 Å². The van der Waals surface area contributed by atoms with E-state index in [9.17, 15) is 19.2 Å². The fraction of sp³-hybridized carbons (Fsp3) is 0.111. The van der Waals surface area contributed by atoms with Gasteiger partial charge in [-0.2, -0.15) is 0 Å². The number of hydrogen-bond acceptors (Lipinski definition) is 5. The molecule has 2 amide bonds. The molecule has 0 radical (unpaired) electrons. The lowest BCUT2D eigenvalue weighted by Crippen LogP contribution is -2.36. The van der Waals surface area contributed by atoms with Crippen LogP contribution in [0.3, 0.4) is 0 Å². The van der Waals surface area contributed by atoms with Crippen LogP contribution < -0.4 is 0 Å². The summed E-state index contributed by atoms with van der Waals surface area (Å²) in [5.74, 6) is -2.86. The number of ketones is 1. The summed E-state index contributed by atoms with van der Waals surface area (Å²) in [7, 11) is 0. The monoisotopic (exact) mass is 459 g/mol. The van der Waals surface area contributed by atoms with E-state index in [0.29, 0.717) is 4.90 Å². The van der Waals surface area contributed by atoms with E-state index in [1.165, 1.54) is 30.3 Å². The quantitative estimate of drug-likeness (QED) is 0.377. The highest BCUT2D eigenvalue weighted by Crippen LogP contribution is 2.31. The van der Waals surface area contributed by atoms with Crippen LogP contribution in [0.5, 0.6) is 0 Å². The number of fused-ring (bicyclic) bond motifs is 1. The third-order valence-corrected chi connectivity index (χ3v) is 5.37. The topological polar surface area (TPSA) is 80.8 Å². The van der Waals surface area contributed by atoms with Crippen molar-refractivity contribution in [3.63, 3.8) is 0 Å². The van der Waals surface area contributed by atoms with Crippen molar-refractivity contribution < 1.29 is 23.9 Å². The van der Waals surface area contributed by atoms with Gasteiger partial charge in [-0.1, -0.05) is 46.4 Å². The van der Waals surface area contributed by atoms with Crippen LogP contribution in [0.1, 0.15) is 31.1 Å². The Morgan fingerprint density at radius 1 is 0.821 bits per heavy atom. The highest BCUT2D eigenvalue weighted by atomic mass is 35.5. The van der Waals surface area contributed by atoms with E-state index < -0.39 is 36.7 Å². The minimum Gasteiger partial charge on any atom is -0.456 e. The first-order valence-electron chi connectivity index (χ1n) is 7.68. The van der Waals surface area contributed by atoms with Crippen molar-refractivity contribution in [2.75, 3.05) is 13.2 Å². The zero-order chi connectivity index (χ0) is 20.6. The SMILES string of the molecule is O=C(CN1C(=O)c2cc(Cl)c(Cl)cc2C1=O)OCC(=O)c1ccc(Cl)c(Cl)c1. The van der Waals surface area contributed by atoms with Crippen LogP contribution >= 0.6 is 46.4 Å². The van der Waals surface area contributed by atoms with E-state index in [-0.39, 0.29) is 36.8 Å². The Hall–Kier alpha value is -2.12. The van der Waals surface area contributed by atoms with Gasteiger partial charge in [0.25, 0.3) is 11.8 Å². The number of ether oxygens (including phenoxy) is 1. The molecule has 3 rings (SSSR count). The maximum atomic E-state index is 12.3. The van der Waals surface area contributed by atoms with Crippen molar-refractivity contribution in [2.45, 2.75) is 0 Å². The molecule has 0 bridgehead atoms. The third-order valence-electron chi connectivity index (χ3n) is 3.90. The molecule has 6 nitrogen and oxygen atoms in total. The molecule has 0 saturated heterocycles. The number of esters is 1. The van der Waals surface area contributed by atoms with E-state index in [1.807, 2.05) is 0 Å². The number of imide groups is 1. The summed E-state index contributed by atoms with van der Waals surface area (Å²) in [5.41, 5.74) is 0.283. The number of benzene rings is 2. The molecule has 144 valence electrons. The molecule has 1 aliphatic heterocycles. The van der Waals surface area contributed by atoms with E-state index in [4.69, 9.17) is 51.1 Å². The molecule has 2 aromatic rings. The Morgan fingerprint density at radius 2 is 1.36 bits per heavy atom. The molecular weight excluding hydrogens is 452 g/mol. The lowest BCUT2D eigenvalue weighted by atomic mass is 10.1. The summed E-state index contributed by atoms with van der Waals surface area (Å²) in [6, 6.07) is 6.74. The predicted octanol–water partition coefficient (Wildman–Crippen LogP) is 4.32. The second-order valence-corrected chi connectivity index (χ2v) is 7.35. The second kappa shape index (κ2) is 8.09. The summed E-state index contributed by atoms with van der Waals surface area (Å²) in [6.07, 6.45) is 0. The van der Waals surface area contributed by atoms with E-state index in [1.54, 1.807) is 0 Å². The number of nitrogens with zero attached hydrogens (tertiary/aromatic N) is 1. The van der Waals surface area contributed by atoms with Gasteiger partial charge in [0.15, 0.2) is 12.4 Å². The average molecular weight is 461 g/mol. The fourth-order valence-electron chi connectivity index (χ4n) is 2.50. The summed E-state index contributed by atoms with van der Waals surface area (Å²) in [4.78, 5) is 49.5. The Labute approximate surface area is 178 Å². The fourth-order valence-corrected chi connectivity index (χ4v) is 3.13. The number of halogens is 4. The molecule has 10 heteroatoms. The Morgan fingerprint density at radius 3 is 1.89 bits per heavy atom. The number of hydrogen-bond donors (Lipinski definition) is 0. The second-order valence-electron chi connectivity index (χ2n) is 5.72. The van der Waals surface area contributed by atoms with Gasteiger partial charge >= 0.3 is 5.97 Å². The van der Waals surface area contributed by atoms with Gasteiger partial charge in [0.2, 0.25) is 0 Å². The van der Waals surface area contributed by atoms with Crippen molar-refractivity contribution in [2.24, 2.45) is 0 Å². The van der Waals surface area contributed by atoms with Crippen LogP contribution in [-0.4, -0.2) is 41.6 Å². The van der Waals surface area contributed by atoms with Crippen molar-refractivity contribution >= 4 is 70.0 Å². The summed E-state index contributed by atoms with van der Waals surface area (Å²) >= 11 is 23.3. The van der Waals surface area contributed by atoms with Gasteiger partial charge < -0.3 is 4.74 Å². The van der Waals surface area contributed by atoms with E-state index in [2.05, 4.69) is 0 Å². The summed E-state index contributed by atoms with van der Waals surface area (Å²) in [5, 5.41) is 0.680. The standard InChI is InChI=1S/C18H9Cl4NO5/c19-11-2-1-8(3-12(11)20)15(24)7-28-16(25)6-23-17(26)9-4-13(21)14(22)5-10(9)18(23)27/h1-5H,6-7H2. The Balaban J connectivity index is 1.64. The zero-order valence-electron chi connectivity index (χ0n) is 13.8. The van der Waals surface area contributed by atoms with Crippen LogP contribution in [0.4, 0.5) is 0 Å². The number of carbonyl (C=O) groups excluding carboxylic acids is 4. The Kier molecular flexibility index (Phi) is 5.95. The van der Waals surface area contributed by atoms with Crippen LogP contribution in [0.25, 0.3) is 0 Å². The molecule has 0 aromatic heterocycles. The number of rotatable bonds is 5. The number of Topliss-reactive ketones (excluding diaryl/α,β-unsaturated/α-hetero) is 1. The summed E-state index contributed by atoms with van der Waals surface area (Å²) in [6.45, 7) is -1.24. The molecule has 0 N–H and O–H groups in total. The number of carbonyl (C=O) groups is 4. The average Bonchev–Trinajstić information content (AvgIpc) is 2.87. The van der Waals surface area contributed by atoms with Gasteiger partial charge in [-0.05, 0) is 30.3 Å². The first-order chi connectivity index (χ1) is 13.2. The first-order valence-corrected chi connectivity index (χ1v) is 9.19. The molecule has 28 heavy (non-hydrogen) atoms. The minimum absolute atomic E-state index is 0.0408. The van der Waals surface area contributed by atoms with Crippen LogP contribution in [0.2, 0.25) is 20.1 Å². The van der Waals surface area contributed by atoms with Gasteiger partial charge in [0.1, 0.15) is 6.54 Å². The van der Waals surface area contributed by atoms with Crippen molar-refractivity contribution in [1.82, 2.24) is 4.90 Å². The van der Waals surface area contributed by atoms with Gasteiger partial charge in [-0.15, -0.1) is 0 Å². The minimum atomic E-state index is -0.930. The van der Waals surface area contributed by atoms with Gasteiger partial charge in [0, 0.05) is 5.56 Å². The molecule has 0 fully saturated rings. The number of amides is 2. The van der Waals surface area contributed by atoms with Gasteiger partial charge in [-0.25, -0.2) is 0 Å². The lowest BCUT2D eigenvalue weighted by Gasteiger charge is -2.12. The van der Waals surface area contributed by atoms with Crippen LogP contribution in [-0.2, 0) is 9.53 Å². The molecular formula is C18H9Cl4NO5. The molecule has 0 aliphatic carbocycles. The molecule has 1 aliphatic rings. The first kappa shape index (κ1) is 20.6. The van der Waals surface area contributed by atoms with Crippen LogP contribution in [0.15, 0.2) is 30.3 Å².